The van der Waals surface area contributed by atoms with Gasteiger partial charge in [-0.3, -0.25) is 0 Å². The fraction of sp³-hybridized carbons (Fsp3) is 0.263. The summed E-state index contributed by atoms with van der Waals surface area (Å²) in [5.41, 5.74) is 0.389. The Morgan fingerprint density at radius 3 is 2.60 bits per heavy atom. The minimum atomic E-state index is -2.92. The number of halogens is 2. The second-order valence-corrected chi connectivity index (χ2v) is 6.50. The number of carbonyl (C=O) groups excluding carboxylic acids is 1. The molecule has 1 aliphatic heterocycles. The third kappa shape index (κ3) is 4.62. The molecule has 4 rings (SSSR count). The van der Waals surface area contributed by atoms with Crippen molar-refractivity contribution >= 4 is 17.5 Å². The molecule has 1 aliphatic rings. The van der Waals surface area contributed by atoms with Crippen molar-refractivity contribution in [1.82, 2.24) is 24.6 Å². The SMILES string of the molecule is O=C(Nc1cccc(OC(F)F)c1)N1CCN(c2cc(-n3cccn3)ncn2)CC1. The molecule has 3 heterocycles. The number of carbonyl (C=O) groups is 1. The van der Waals surface area contributed by atoms with E-state index in [2.05, 4.69) is 30.0 Å². The number of anilines is 2. The third-order valence-electron chi connectivity index (χ3n) is 4.58. The standard InChI is InChI=1S/C19H19F2N7O2/c20-18(21)30-15-4-1-3-14(11-15)25-19(29)27-9-7-26(8-10-27)16-12-17(23-13-22-16)28-6-2-5-24-28/h1-6,11-13,18H,7-10H2,(H,25,29). The van der Waals surface area contributed by atoms with Gasteiger partial charge in [0, 0.05) is 56.4 Å². The smallest absolute Gasteiger partial charge is 0.387 e. The van der Waals surface area contributed by atoms with Crippen LogP contribution in [0.25, 0.3) is 5.82 Å². The Morgan fingerprint density at radius 1 is 1.07 bits per heavy atom. The number of benzene rings is 1. The summed E-state index contributed by atoms with van der Waals surface area (Å²) >= 11 is 0. The number of rotatable bonds is 5. The van der Waals surface area contributed by atoms with Gasteiger partial charge in [-0.25, -0.2) is 19.4 Å². The van der Waals surface area contributed by atoms with Crippen molar-refractivity contribution < 1.29 is 18.3 Å². The van der Waals surface area contributed by atoms with Crippen LogP contribution in [0.15, 0.2) is 55.1 Å². The Labute approximate surface area is 170 Å². The normalized spacial score (nSPS) is 14.1. The van der Waals surface area contributed by atoms with Crippen LogP contribution in [-0.2, 0) is 0 Å². The molecule has 0 unspecified atom stereocenters. The second-order valence-electron chi connectivity index (χ2n) is 6.50. The Bertz CT molecular complexity index is 992. The number of ether oxygens (including phenoxy) is 1. The van der Waals surface area contributed by atoms with E-state index in [1.807, 2.05) is 12.1 Å². The van der Waals surface area contributed by atoms with E-state index in [4.69, 9.17) is 0 Å². The van der Waals surface area contributed by atoms with Crippen molar-refractivity contribution in [3.05, 3.63) is 55.1 Å². The molecule has 0 saturated carbocycles. The molecule has 0 spiro atoms. The van der Waals surface area contributed by atoms with Crippen molar-refractivity contribution in [2.75, 3.05) is 36.4 Å². The van der Waals surface area contributed by atoms with Gasteiger partial charge in [-0.15, -0.1) is 0 Å². The highest BCUT2D eigenvalue weighted by Gasteiger charge is 2.22. The summed E-state index contributed by atoms with van der Waals surface area (Å²) in [6.07, 6.45) is 4.96. The molecule has 1 N–H and O–H groups in total. The minimum absolute atomic E-state index is 0.00985. The molecule has 11 heteroatoms. The Balaban J connectivity index is 1.34. The lowest BCUT2D eigenvalue weighted by atomic mass is 10.3. The van der Waals surface area contributed by atoms with Crippen molar-refractivity contribution in [2.45, 2.75) is 6.61 Å². The van der Waals surface area contributed by atoms with Gasteiger partial charge in [0.05, 0.1) is 0 Å². The monoisotopic (exact) mass is 415 g/mol. The van der Waals surface area contributed by atoms with Gasteiger partial charge in [0.1, 0.15) is 17.9 Å². The summed E-state index contributed by atoms with van der Waals surface area (Å²) in [4.78, 5) is 24.8. The van der Waals surface area contributed by atoms with Gasteiger partial charge in [0.25, 0.3) is 0 Å². The lowest BCUT2D eigenvalue weighted by molar-refractivity contribution is -0.0497. The molecule has 9 nitrogen and oxygen atoms in total. The first-order chi connectivity index (χ1) is 14.6. The maximum absolute atomic E-state index is 12.5. The first-order valence-corrected chi connectivity index (χ1v) is 9.26. The molecule has 3 aromatic rings. The number of urea groups is 1. The fourth-order valence-corrected chi connectivity index (χ4v) is 3.13. The summed E-state index contributed by atoms with van der Waals surface area (Å²) in [7, 11) is 0. The molecule has 2 aromatic heterocycles. The lowest BCUT2D eigenvalue weighted by Crippen LogP contribution is -2.50. The molecule has 1 aromatic carbocycles. The van der Waals surface area contributed by atoms with E-state index in [1.54, 1.807) is 28.0 Å². The topological polar surface area (TPSA) is 88.4 Å². The molecule has 0 aliphatic carbocycles. The summed E-state index contributed by atoms with van der Waals surface area (Å²) in [5, 5.41) is 6.88. The zero-order valence-electron chi connectivity index (χ0n) is 15.9. The Hall–Kier alpha value is -3.76. The van der Waals surface area contributed by atoms with Crippen LogP contribution in [0.4, 0.5) is 25.1 Å². The molecule has 2 amide bonds. The predicted molar refractivity (Wildman–Crippen MR) is 105 cm³/mol. The van der Waals surface area contributed by atoms with Gasteiger partial charge in [-0.1, -0.05) is 6.07 Å². The van der Waals surface area contributed by atoms with E-state index >= 15 is 0 Å². The highest BCUT2D eigenvalue weighted by atomic mass is 19.3. The third-order valence-corrected chi connectivity index (χ3v) is 4.58. The largest absolute Gasteiger partial charge is 0.435 e. The summed E-state index contributed by atoms with van der Waals surface area (Å²) in [6.45, 7) is -0.755. The van der Waals surface area contributed by atoms with Crippen LogP contribution in [0.1, 0.15) is 0 Å². The van der Waals surface area contributed by atoms with E-state index in [0.717, 1.165) is 5.82 Å². The van der Waals surface area contributed by atoms with Gasteiger partial charge >= 0.3 is 12.6 Å². The quantitative estimate of drug-likeness (QED) is 0.689. The molecular formula is C19H19F2N7O2. The number of amides is 2. The van der Waals surface area contributed by atoms with E-state index in [1.165, 1.54) is 24.5 Å². The first kappa shape index (κ1) is 19.6. The van der Waals surface area contributed by atoms with Crippen molar-refractivity contribution in [1.29, 1.82) is 0 Å². The van der Waals surface area contributed by atoms with Crippen LogP contribution in [-0.4, -0.2) is 63.5 Å². The van der Waals surface area contributed by atoms with Crippen LogP contribution in [0, 0.1) is 0 Å². The van der Waals surface area contributed by atoms with Gasteiger partial charge in [0.15, 0.2) is 5.82 Å². The molecule has 30 heavy (non-hydrogen) atoms. The van der Waals surface area contributed by atoms with Crippen LogP contribution >= 0.6 is 0 Å². The van der Waals surface area contributed by atoms with Gasteiger partial charge in [-0.2, -0.15) is 13.9 Å². The Morgan fingerprint density at radius 2 is 1.87 bits per heavy atom. The van der Waals surface area contributed by atoms with E-state index < -0.39 is 6.61 Å². The van der Waals surface area contributed by atoms with Crippen LogP contribution < -0.4 is 15.0 Å². The average molecular weight is 415 g/mol. The van der Waals surface area contributed by atoms with E-state index in [9.17, 15) is 13.6 Å². The fourth-order valence-electron chi connectivity index (χ4n) is 3.13. The number of hydrogen-bond acceptors (Lipinski definition) is 6. The molecular weight excluding hydrogens is 396 g/mol. The first-order valence-electron chi connectivity index (χ1n) is 9.26. The van der Waals surface area contributed by atoms with Crippen molar-refractivity contribution in [2.24, 2.45) is 0 Å². The van der Waals surface area contributed by atoms with Gasteiger partial charge in [0.2, 0.25) is 0 Å². The molecule has 156 valence electrons. The molecule has 1 fully saturated rings. The van der Waals surface area contributed by atoms with Crippen LogP contribution in [0.2, 0.25) is 0 Å². The number of nitrogens with zero attached hydrogens (tertiary/aromatic N) is 6. The Kier molecular flexibility index (Phi) is 5.68. The number of nitrogens with one attached hydrogen (secondary N) is 1. The van der Waals surface area contributed by atoms with Gasteiger partial charge in [-0.05, 0) is 18.2 Å². The highest BCUT2D eigenvalue weighted by molar-refractivity contribution is 5.89. The maximum Gasteiger partial charge on any atom is 0.387 e. The number of piperazine rings is 1. The molecule has 0 atom stereocenters. The number of alkyl halides is 2. The predicted octanol–water partition coefficient (Wildman–Crippen LogP) is 2.62. The molecule has 0 bridgehead atoms. The van der Waals surface area contributed by atoms with Crippen LogP contribution in [0.5, 0.6) is 5.75 Å². The van der Waals surface area contributed by atoms with Crippen molar-refractivity contribution in [3.63, 3.8) is 0 Å². The van der Waals surface area contributed by atoms with E-state index in [0.29, 0.717) is 37.7 Å². The number of aromatic nitrogens is 4. The molecule has 1 saturated heterocycles. The van der Waals surface area contributed by atoms with E-state index in [-0.39, 0.29) is 11.8 Å². The highest BCUT2D eigenvalue weighted by Crippen LogP contribution is 2.20. The summed E-state index contributed by atoms with van der Waals surface area (Å²) < 4.78 is 30.7. The lowest BCUT2D eigenvalue weighted by Gasteiger charge is -2.35. The zero-order valence-corrected chi connectivity index (χ0v) is 15.9. The van der Waals surface area contributed by atoms with Crippen molar-refractivity contribution in [3.8, 4) is 11.6 Å². The zero-order chi connectivity index (χ0) is 20.9. The van der Waals surface area contributed by atoms with Gasteiger partial charge < -0.3 is 19.9 Å². The maximum atomic E-state index is 12.5. The summed E-state index contributed by atoms with van der Waals surface area (Å²) in [6, 6.07) is 9.27. The van der Waals surface area contributed by atoms with Crippen LogP contribution in [0.3, 0.4) is 0 Å². The number of hydrogen-bond donors (Lipinski definition) is 1. The minimum Gasteiger partial charge on any atom is -0.435 e. The average Bonchev–Trinajstić information content (AvgIpc) is 3.29. The summed E-state index contributed by atoms with van der Waals surface area (Å²) in [5.74, 6) is 1.41. The second kappa shape index (κ2) is 8.72. The molecule has 0 radical (unpaired) electrons.